The molecule has 0 aliphatic carbocycles. The zero-order valence-electron chi connectivity index (χ0n) is 18.2. The molecule has 0 aliphatic heterocycles. The van der Waals surface area contributed by atoms with Crippen molar-refractivity contribution in [1.29, 1.82) is 0 Å². The summed E-state index contributed by atoms with van der Waals surface area (Å²) in [5.41, 5.74) is -0.248. The molecule has 0 saturated heterocycles. The zero-order valence-corrected chi connectivity index (χ0v) is 18.2. The number of ether oxygens (including phenoxy) is 5. The first-order valence-electron chi connectivity index (χ1n) is 9.58. The molecular formula is C25H18O10. The minimum absolute atomic E-state index is 0.0319. The molecule has 0 amide bonds. The minimum atomic E-state index is -1.04. The predicted molar refractivity (Wildman–Crippen MR) is 121 cm³/mol. The molecule has 2 rings (SSSR count). The van der Waals surface area contributed by atoms with Crippen molar-refractivity contribution in [3.63, 3.8) is 0 Å². The van der Waals surface area contributed by atoms with Gasteiger partial charge in [0.2, 0.25) is 0 Å². The topological polar surface area (TPSA) is 132 Å². The summed E-state index contributed by atoms with van der Waals surface area (Å²) in [5, 5.41) is 0. The van der Waals surface area contributed by atoms with E-state index >= 15 is 0 Å². The molecule has 0 bridgehead atoms. The van der Waals surface area contributed by atoms with Gasteiger partial charge in [0.25, 0.3) is 0 Å². The highest BCUT2D eigenvalue weighted by Crippen LogP contribution is 2.34. The van der Waals surface area contributed by atoms with Gasteiger partial charge in [0.05, 0.1) is 0 Å². The summed E-state index contributed by atoms with van der Waals surface area (Å²) in [6.45, 7) is 13.1. The molecule has 0 aliphatic rings. The molecule has 10 heteroatoms. The van der Waals surface area contributed by atoms with Crippen molar-refractivity contribution in [3.8, 4) is 28.7 Å². The third-order valence-corrected chi connectivity index (χ3v) is 3.82. The van der Waals surface area contributed by atoms with Crippen LogP contribution < -0.4 is 23.7 Å². The van der Waals surface area contributed by atoms with Gasteiger partial charge in [-0.05, 0) is 24.3 Å². The molecule has 0 aromatic heterocycles. The summed E-state index contributed by atoms with van der Waals surface area (Å²) in [7, 11) is 0. The van der Waals surface area contributed by atoms with Gasteiger partial charge in [-0.15, -0.1) is 0 Å². The second kappa shape index (κ2) is 12.1. The van der Waals surface area contributed by atoms with Crippen LogP contribution in [-0.4, -0.2) is 29.8 Å². The van der Waals surface area contributed by atoms with Crippen molar-refractivity contribution >= 4 is 29.8 Å². The van der Waals surface area contributed by atoms with Crippen LogP contribution in [0.2, 0.25) is 0 Å². The summed E-state index contributed by atoms with van der Waals surface area (Å²) in [5.74, 6) is -5.30. The second-order valence-electron chi connectivity index (χ2n) is 6.16. The number of hydrogen-bond acceptors (Lipinski definition) is 10. The fraction of sp³-hybridized carbons (Fsp3) is 0. The number of rotatable bonds is 10. The molecule has 0 fully saturated rings. The van der Waals surface area contributed by atoms with Crippen molar-refractivity contribution in [1.82, 2.24) is 0 Å². The Bertz CT molecular complexity index is 1240. The van der Waals surface area contributed by atoms with Crippen molar-refractivity contribution in [2.75, 3.05) is 0 Å². The Morgan fingerprint density at radius 3 is 1.46 bits per heavy atom. The van der Waals surface area contributed by atoms with E-state index < -0.39 is 29.8 Å². The van der Waals surface area contributed by atoms with Crippen LogP contribution in [0.15, 0.2) is 87.0 Å². The summed E-state index contributed by atoms with van der Waals surface area (Å²) < 4.78 is 25.3. The minimum Gasteiger partial charge on any atom is -0.423 e. The predicted octanol–water partition coefficient (Wildman–Crippen LogP) is 3.27. The van der Waals surface area contributed by atoms with Gasteiger partial charge in [-0.3, -0.25) is 0 Å². The standard InChI is InChI=1S/C25H18O10/c1-5-21(26)31-15-9-11-17(19(13-15)33-23(28)7-3)25(30)35-18-12-10-16(32-22(27)6-2)14-20(18)34-24(29)8-4/h5-14H,1-4H2. The summed E-state index contributed by atoms with van der Waals surface area (Å²) in [4.78, 5) is 59.2. The van der Waals surface area contributed by atoms with E-state index in [1.807, 2.05) is 0 Å². The van der Waals surface area contributed by atoms with E-state index in [1.54, 1.807) is 0 Å². The monoisotopic (exact) mass is 478 g/mol. The van der Waals surface area contributed by atoms with Gasteiger partial charge in [0.1, 0.15) is 22.8 Å². The Morgan fingerprint density at radius 2 is 0.943 bits per heavy atom. The van der Waals surface area contributed by atoms with Crippen LogP contribution in [0.4, 0.5) is 0 Å². The van der Waals surface area contributed by atoms with Gasteiger partial charge >= 0.3 is 29.8 Å². The lowest BCUT2D eigenvalue weighted by molar-refractivity contribution is -0.130. The largest absolute Gasteiger partial charge is 0.423 e. The summed E-state index contributed by atoms with van der Waals surface area (Å²) in [6.07, 6.45) is 3.56. The maximum Gasteiger partial charge on any atom is 0.347 e. The van der Waals surface area contributed by atoms with Gasteiger partial charge < -0.3 is 23.7 Å². The quantitative estimate of drug-likeness (QED) is 0.285. The molecule has 0 heterocycles. The molecule has 0 saturated carbocycles. The molecule has 0 atom stereocenters. The summed E-state index contributed by atoms with van der Waals surface area (Å²) in [6, 6.07) is 7.13. The summed E-state index contributed by atoms with van der Waals surface area (Å²) >= 11 is 0. The highest BCUT2D eigenvalue weighted by atomic mass is 16.6. The molecular weight excluding hydrogens is 460 g/mol. The molecule has 0 N–H and O–H groups in total. The van der Waals surface area contributed by atoms with E-state index in [9.17, 15) is 24.0 Å². The number of benzene rings is 2. The van der Waals surface area contributed by atoms with E-state index in [0.717, 1.165) is 36.4 Å². The molecule has 2 aromatic carbocycles. The smallest absolute Gasteiger partial charge is 0.347 e. The second-order valence-corrected chi connectivity index (χ2v) is 6.16. The maximum atomic E-state index is 12.9. The Morgan fingerprint density at radius 1 is 0.514 bits per heavy atom. The third kappa shape index (κ3) is 7.39. The fourth-order valence-corrected chi connectivity index (χ4v) is 2.31. The van der Waals surface area contributed by atoms with E-state index in [0.29, 0.717) is 0 Å². The van der Waals surface area contributed by atoms with E-state index in [4.69, 9.17) is 23.7 Å². The molecule has 0 radical (unpaired) electrons. The fourth-order valence-electron chi connectivity index (χ4n) is 2.31. The van der Waals surface area contributed by atoms with Crippen LogP contribution in [0, 0.1) is 0 Å². The third-order valence-electron chi connectivity index (χ3n) is 3.82. The van der Waals surface area contributed by atoms with Crippen LogP contribution in [0.1, 0.15) is 10.4 Å². The molecule has 10 nitrogen and oxygen atoms in total. The average molecular weight is 478 g/mol. The van der Waals surface area contributed by atoms with Crippen molar-refractivity contribution in [2.45, 2.75) is 0 Å². The zero-order chi connectivity index (χ0) is 26.0. The highest BCUT2D eigenvalue weighted by molar-refractivity contribution is 5.96. The van der Waals surface area contributed by atoms with Gasteiger partial charge in [-0.1, -0.05) is 26.3 Å². The molecule has 0 unspecified atom stereocenters. The molecule has 2 aromatic rings. The number of carbonyl (C=O) groups is 5. The average Bonchev–Trinajstić information content (AvgIpc) is 2.85. The lowest BCUT2D eigenvalue weighted by Gasteiger charge is -2.13. The highest BCUT2D eigenvalue weighted by Gasteiger charge is 2.21. The Balaban J connectivity index is 2.43. The number of esters is 5. The number of carbonyl (C=O) groups excluding carboxylic acids is 5. The van der Waals surface area contributed by atoms with Gasteiger partial charge in [0.15, 0.2) is 11.5 Å². The number of hydrogen-bond donors (Lipinski definition) is 0. The lowest BCUT2D eigenvalue weighted by Crippen LogP contribution is -2.15. The maximum absolute atomic E-state index is 12.9. The van der Waals surface area contributed by atoms with Crippen LogP contribution in [0.5, 0.6) is 28.7 Å². The van der Waals surface area contributed by atoms with Gasteiger partial charge in [-0.2, -0.15) is 0 Å². The molecule has 0 spiro atoms. The van der Waals surface area contributed by atoms with Crippen molar-refractivity contribution in [2.24, 2.45) is 0 Å². The first-order chi connectivity index (χ1) is 16.7. The Labute approximate surface area is 199 Å². The SMILES string of the molecule is C=CC(=O)Oc1ccc(OC(=O)c2ccc(OC(=O)C=C)cc2OC(=O)C=C)c(OC(=O)C=C)c1. The van der Waals surface area contributed by atoms with Crippen LogP contribution >= 0.6 is 0 Å². The lowest BCUT2D eigenvalue weighted by atomic mass is 10.2. The van der Waals surface area contributed by atoms with Gasteiger partial charge in [0, 0.05) is 36.4 Å². The Kier molecular flexibility index (Phi) is 9.00. The van der Waals surface area contributed by atoms with Crippen molar-refractivity contribution < 1.29 is 47.7 Å². The van der Waals surface area contributed by atoms with Gasteiger partial charge in [-0.25, -0.2) is 24.0 Å². The van der Waals surface area contributed by atoms with E-state index in [2.05, 4.69) is 26.3 Å². The van der Waals surface area contributed by atoms with Crippen LogP contribution in [0.3, 0.4) is 0 Å². The normalized spacial score (nSPS) is 9.60. The van der Waals surface area contributed by atoms with E-state index in [-0.39, 0.29) is 34.3 Å². The van der Waals surface area contributed by atoms with Crippen molar-refractivity contribution in [3.05, 3.63) is 92.6 Å². The van der Waals surface area contributed by atoms with Crippen LogP contribution in [0.25, 0.3) is 0 Å². The molecule has 178 valence electrons. The first-order valence-corrected chi connectivity index (χ1v) is 9.58. The van der Waals surface area contributed by atoms with E-state index in [1.165, 1.54) is 24.3 Å². The molecule has 35 heavy (non-hydrogen) atoms. The Hall–Kier alpha value is -5.25. The first kappa shape index (κ1) is 26.0. The van der Waals surface area contributed by atoms with Crippen LogP contribution in [-0.2, 0) is 19.2 Å².